The first-order valence-electron chi connectivity index (χ1n) is 3.43. The second-order valence-electron chi connectivity index (χ2n) is 3.82. The molecule has 0 aliphatic rings. The Hall–Kier alpha value is 0.110. The second kappa shape index (κ2) is 3.23. The molecule has 68 valence electrons. The third kappa shape index (κ3) is 5.39. The number of hydrogen-bond donors (Lipinski definition) is 3. The van der Waals surface area contributed by atoms with Gasteiger partial charge in [0.05, 0.1) is 6.16 Å². The van der Waals surface area contributed by atoms with Gasteiger partial charge in [0.2, 0.25) is 0 Å². The van der Waals surface area contributed by atoms with Crippen LogP contribution < -0.4 is 5.73 Å². The first-order valence-corrected chi connectivity index (χ1v) is 5.23. The zero-order valence-electron chi connectivity index (χ0n) is 7.11. The Labute approximate surface area is 67.0 Å². The van der Waals surface area contributed by atoms with Crippen molar-refractivity contribution in [2.24, 2.45) is 11.1 Å². The number of rotatable bonds is 2. The summed E-state index contributed by atoms with van der Waals surface area (Å²) in [6, 6.07) is -0.455. The third-order valence-corrected chi connectivity index (χ3v) is 2.42. The smallest absolute Gasteiger partial charge is 0.327 e. The van der Waals surface area contributed by atoms with Gasteiger partial charge >= 0.3 is 7.60 Å². The summed E-state index contributed by atoms with van der Waals surface area (Å²) in [6.45, 7) is 5.56. The summed E-state index contributed by atoms with van der Waals surface area (Å²) >= 11 is 0. The van der Waals surface area contributed by atoms with E-state index < -0.39 is 13.6 Å². The molecule has 0 rings (SSSR count). The van der Waals surface area contributed by atoms with Crippen molar-refractivity contribution < 1.29 is 14.4 Å². The summed E-state index contributed by atoms with van der Waals surface area (Å²) in [5, 5.41) is 0. The summed E-state index contributed by atoms with van der Waals surface area (Å²) in [5.41, 5.74) is 5.30. The van der Waals surface area contributed by atoms with Crippen LogP contribution in [0.15, 0.2) is 0 Å². The van der Waals surface area contributed by atoms with Crippen LogP contribution in [0, 0.1) is 5.41 Å². The Kier molecular flexibility index (Phi) is 3.27. The van der Waals surface area contributed by atoms with Crippen LogP contribution in [0.1, 0.15) is 20.8 Å². The van der Waals surface area contributed by atoms with Gasteiger partial charge in [0, 0.05) is 6.04 Å². The highest BCUT2D eigenvalue weighted by Crippen LogP contribution is 2.37. The normalized spacial score (nSPS) is 16.5. The minimum atomic E-state index is -3.94. The molecule has 4 N–H and O–H groups in total. The van der Waals surface area contributed by atoms with Crippen LogP contribution in [-0.2, 0) is 4.57 Å². The Morgan fingerprint density at radius 1 is 1.45 bits per heavy atom. The molecule has 0 bridgehead atoms. The molecular weight excluding hydrogens is 165 g/mol. The predicted octanol–water partition coefficient (Wildman–Crippen LogP) is 0.537. The topological polar surface area (TPSA) is 83.6 Å². The van der Waals surface area contributed by atoms with Gasteiger partial charge in [0.1, 0.15) is 0 Å². The highest BCUT2D eigenvalue weighted by Gasteiger charge is 2.27. The van der Waals surface area contributed by atoms with E-state index in [1.807, 2.05) is 20.8 Å². The maximum absolute atomic E-state index is 10.5. The third-order valence-electron chi connectivity index (χ3n) is 1.55. The molecule has 0 aliphatic carbocycles. The van der Waals surface area contributed by atoms with Gasteiger partial charge in [0.25, 0.3) is 0 Å². The van der Waals surface area contributed by atoms with Gasteiger partial charge in [0.15, 0.2) is 0 Å². The Bertz CT molecular complexity index is 169. The summed E-state index contributed by atoms with van der Waals surface area (Å²) in [7, 11) is -3.94. The van der Waals surface area contributed by atoms with Gasteiger partial charge in [-0.1, -0.05) is 20.8 Å². The summed E-state index contributed by atoms with van der Waals surface area (Å²) in [5.74, 6) is 0. The lowest BCUT2D eigenvalue weighted by Gasteiger charge is -2.26. The molecule has 5 heteroatoms. The van der Waals surface area contributed by atoms with E-state index in [0.717, 1.165) is 0 Å². The maximum Gasteiger partial charge on any atom is 0.327 e. The molecule has 11 heavy (non-hydrogen) atoms. The maximum atomic E-state index is 10.5. The standard InChI is InChI=1S/C6H16NO3P/c1-6(2,3)5(7)4-11(8,9)10/h5H,4,7H2,1-3H3,(H2,8,9,10)/t5-/m0/s1. The van der Waals surface area contributed by atoms with E-state index >= 15 is 0 Å². The Morgan fingerprint density at radius 3 is 1.91 bits per heavy atom. The van der Waals surface area contributed by atoms with Crippen molar-refractivity contribution in [3.63, 3.8) is 0 Å². The molecule has 0 fully saturated rings. The zero-order valence-corrected chi connectivity index (χ0v) is 8.01. The van der Waals surface area contributed by atoms with E-state index in [2.05, 4.69) is 0 Å². The molecule has 0 aliphatic heterocycles. The van der Waals surface area contributed by atoms with Crippen molar-refractivity contribution in [1.82, 2.24) is 0 Å². The molecule has 0 amide bonds. The van der Waals surface area contributed by atoms with Gasteiger partial charge in [-0.15, -0.1) is 0 Å². The molecular formula is C6H16NO3P. The van der Waals surface area contributed by atoms with Crippen LogP contribution in [0.2, 0.25) is 0 Å². The van der Waals surface area contributed by atoms with E-state index in [-0.39, 0.29) is 11.6 Å². The predicted molar refractivity (Wildman–Crippen MR) is 44.3 cm³/mol. The van der Waals surface area contributed by atoms with Gasteiger partial charge in [-0.25, -0.2) is 0 Å². The van der Waals surface area contributed by atoms with E-state index in [1.54, 1.807) is 0 Å². The molecule has 0 unspecified atom stereocenters. The molecule has 0 radical (unpaired) electrons. The van der Waals surface area contributed by atoms with Crippen LogP contribution in [-0.4, -0.2) is 22.0 Å². The Balaban J connectivity index is 4.10. The Morgan fingerprint density at radius 2 is 1.82 bits per heavy atom. The fraction of sp³-hybridized carbons (Fsp3) is 1.00. The zero-order chi connectivity index (χ0) is 9.28. The lowest BCUT2D eigenvalue weighted by atomic mass is 9.89. The molecule has 0 spiro atoms. The van der Waals surface area contributed by atoms with Crippen LogP contribution in [0.3, 0.4) is 0 Å². The monoisotopic (exact) mass is 181 g/mol. The van der Waals surface area contributed by atoms with E-state index in [9.17, 15) is 4.57 Å². The van der Waals surface area contributed by atoms with Crippen molar-refractivity contribution in [3.8, 4) is 0 Å². The van der Waals surface area contributed by atoms with E-state index in [1.165, 1.54) is 0 Å². The highest BCUT2D eigenvalue weighted by molar-refractivity contribution is 7.51. The average Bonchev–Trinajstić information content (AvgIpc) is 1.56. The van der Waals surface area contributed by atoms with Crippen molar-refractivity contribution in [2.45, 2.75) is 26.8 Å². The summed E-state index contributed by atoms with van der Waals surface area (Å²) in [4.78, 5) is 17.2. The molecule has 0 aromatic carbocycles. The van der Waals surface area contributed by atoms with E-state index in [4.69, 9.17) is 15.5 Å². The number of nitrogens with two attached hydrogens (primary N) is 1. The quantitative estimate of drug-likeness (QED) is 0.543. The lowest BCUT2D eigenvalue weighted by molar-refractivity contribution is 0.312. The van der Waals surface area contributed by atoms with Gasteiger partial charge < -0.3 is 15.5 Å². The summed E-state index contributed by atoms with van der Waals surface area (Å²) < 4.78 is 10.5. The lowest BCUT2D eigenvalue weighted by Crippen LogP contribution is -2.38. The van der Waals surface area contributed by atoms with Gasteiger partial charge in [-0.2, -0.15) is 0 Å². The van der Waals surface area contributed by atoms with Crippen molar-refractivity contribution >= 4 is 7.60 Å². The minimum absolute atomic E-state index is 0.240. The van der Waals surface area contributed by atoms with Crippen LogP contribution in [0.5, 0.6) is 0 Å². The minimum Gasteiger partial charge on any atom is -0.327 e. The molecule has 0 aromatic heterocycles. The van der Waals surface area contributed by atoms with Crippen molar-refractivity contribution in [3.05, 3.63) is 0 Å². The first-order chi connectivity index (χ1) is 4.63. The van der Waals surface area contributed by atoms with E-state index in [0.29, 0.717) is 0 Å². The fourth-order valence-corrected chi connectivity index (χ4v) is 1.59. The average molecular weight is 181 g/mol. The van der Waals surface area contributed by atoms with Crippen LogP contribution >= 0.6 is 7.60 Å². The highest BCUT2D eigenvalue weighted by atomic mass is 31.2. The van der Waals surface area contributed by atoms with Crippen LogP contribution in [0.4, 0.5) is 0 Å². The molecule has 0 aromatic rings. The fourth-order valence-electron chi connectivity index (χ4n) is 0.530. The van der Waals surface area contributed by atoms with Crippen molar-refractivity contribution in [1.29, 1.82) is 0 Å². The van der Waals surface area contributed by atoms with Gasteiger partial charge in [-0.3, -0.25) is 4.57 Å². The molecule has 0 saturated heterocycles. The second-order valence-corrected chi connectivity index (χ2v) is 5.51. The van der Waals surface area contributed by atoms with Gasteiger partial charge in [-0.05, 0) is 5.41 Å². The first kappa shape index (κ1) is 11.1. The summed E-state index contributed by atoms with van der Waals surface area (Å²) in [6.07, 6.45) is -0.240. The SMILES string of the molecule is CC(C)(C)[C@@H](N)CP(=O)(O)O. The molecule has 1 atom stereocenters. The number of hydrogen-bond acceptors (Lipinski definition) is 2. The van der Waals surface area contributed by atoms with Crippen LogP contribution in [0.25, 0.3) is 0 Å². The molecule has 0 saturated carbocycles. The molecule has 4 nitrogen and oxygen atoms in total. The largest absolute Gasteiger partial charge is 0.327 e. The molecule has 0 heterocycles. The van der Waals surface area contributed by atoms with Crippen molar-refractivity contribution in [2.75, 3.05) is 6.16 Å².